The lowest BCUT2D eigenvalue weighted by Crippen LogP contribution is -2.37. The van der Waals surface area contributed by atoms with Crippen LogP contribution in [0.3, 0.4) is 0 Å². The third-order valence-corrected chi connectivity index (χ3v) is 4.58. The van der Waals surface area contributed by atoms with E-state index in [4.69, 9.17) is 10.9 Å². The van der Waals surface area contributed by atoms with E-state index in [2.05, 4.69) is 26.3 Å². The highest BCUT2D eigenvalue weighted by Crippen LogP contribution is 2.25. The largest absolute Gasteiger partial charge is 0.395 e. The number of aromatic nitrogens is 1. The number of rotatable bonds is 7. The van der Waals surface area contributed by atoms with Gasteiger partial charge >= 0.3 is 0 Å². The number of nitrogen functional groups attached to an aromatic ring is 1. The highest BCUT2D eigenvalue weighted by atomic mass is 79.9. The lowest BCUT2D eigenvalue weighted by atomic mass is 10.5. The van der Waals surface area contributed by atoms with Crippen LogP contribution in [-0.4, -0.2) is 48.9 Å². The smallest absolute Gasteiger partial charge is 0.252 e. The summed E-state index contributed by atoms with van der Waals surface area (Å²) in [5.41, 5.74) is 2.09. The molecule has 11 heteroatoms. The number of hydrogen-bond acceptors (Lipinski definition) is 6. The molecule has 0 unspecified atom stereocenters. The van der Waals surface area contributed by atoms with Gasteiger partial charge in [0.15, 0.2) is 5.82 Å². The Morgan fingerprint density at radius 1 is 1.55 bits per heavy atom. The van der Waals surface area contributed by atoms with Gasteiger partial charge in [-0.05, 0) is 22.0 Å². The lowest BCUT2D eigenvalue weighted by molar-refractivity contribution is 0.113. The molecule has 0 aromatic carbocycles. The van der Waals surface area contributed by atoms with Crippen molar-refractivity contribution in [3.05, 3.63) is 16.7 Å². The molecule has 0 saturated heterocycles. The van der Waals surface area contributed by atoms with Gasteiger partial charge in [-0.3, -0.25) is 0 Å². The molecule has 20 heavy (non-hydrogen) atoms. The van der Waals surface area contributed by atoms with Crippen molar-refractivity contribution in [3.63, 3.8) is 0 Å². The number of nitrogens with two attached hydrogens (primary N) is 1. The normalized spacial score (nSPS) is 12.2. The van der Waals surface area contributed by atoms with Gasteiger partial charge in [0.25, 0.3) is 6.43 Å². The molecule has 7 nitrogen and oxygen atoms in total. The minimum absolute atomic E-state index is 0.176. The van der Waals surface area contributed by atoms with Gasteiger partial charge in [-0.1, -0.05) is 0 Å². The second kappa shape index (κ2) is 7.22. The van der Waals surface area contributed by atoms with Gasteiger partial charge in [-0.15, -0.1) is 0 Å². The molecule has 1 heterocycles. The average molecular weight is 375 g/mol. The number of nitrogens with one attached hydrogen (secondary N) is 1. The van der Waals surface area contributed by atoms with Crippen LogP contribution in [0.4, 0.5) is 14.6 Å². The van der Waals surface area contributed by atoms with Crippen molar-refractivity contribution in [1.29, 1.82) is 0 Å². The van der Waals surface area contributed by atoms with Crippen LogP contribution in [0.25, 0.3) is 0 Å². The van der Waals surface area contributed by atoms with Crippen LogP contribution in [0.15, 0.2) is 21.6 Å². The van der Waals surface area contributed by atoms with E-state index in [0.29, 0.717) is 8.78 Å². The van der Waals surface area contributed by atoms with Crippen molar-refractivity contribution >= 4 is 31.8 Å². The zero-order chi connectivity index (χ0) is 15.3. The van der Waals surface area contributed by atoms with Crippen molar-refractivity contribution in [2.45, 2.75) is 11.3 Å². The summed E-state index contributed by atoms with van der Waals surface area (Å²) in [6, 6.07) is 1.19. The Bertz CT molecular complexity index is 558. The maximum atomic E-state index is 12.5. The minimum Gasteiger partial charge on any atom is -0.395 e. The molecular formula is C9H13BrF2N4O3S. The zero-order valence-electron chi connectivity index (χ0n) is 10.1. The first-order valence-corrected chi connectivity index (χ1v) is 7.57. The fourth-order valence-corrected chi connectivity index (χ4v) is 3.46. The Labute approximate surface area is 122 Å². The van der Waals surface area contributed by atoms with Crippen LogP contribution >= 0.6 is 15.9 Å². The summed E-state index contributed by atoms with van der Waals surface area (Å²) in [4.78, 5) is 3.39. The molecule has 0 bridgehead atoms. The number of halogens is 3. The molecule has 114 valence electrons. The first-order valence-electron chi connectivity index (χ1n) is 5.34. The lowest BCUT2D eigenvalue weighted by Gasteiger charge is -2.21. The predicted octanol–water partition coefficient (Wildman–Crippen LogP) is 0.378. The summed E-state index contributed by atoms with van der Waals surface area (Å²) in [5.74, 6) is 4.99. The zero-order valence-corrected chi connectivity index (χ0v) is 12.5. The summed E-state index contributed by atoms with van der Waals surface area (Å²) < 4.78 is 50.4. The minimum atomic E-state index is -4.27. The summed E-state index contributed by atoms with van der Waals surface area (Å²) in [6.07, 6.45) is -1.57. The number of hydrazine groups is 1. The third kappa shape index (κ3) is 4.06. The summed E-state index contributed by atoms with van der Waals surface area (Å²) in [6.45, 7) is -2.07. The number of sulfonamides is 1. The summed E-state index contributed by atoms with van der Waals surface area (Å²) in [7, 11) is -4.27. The molecule has 1 aromatic heterocycles. The fraction of sp³-hybridized carbons (Fsp3) is 0.444. The highest BCUT2D eigenvalue weighted by Gasteiger charge is 2.29. The Hall–Kier alpha value is -0.880. The van der Waals surface area contributed by atoms with E-state index in [0.717, 1.165) is 0 Å². The molecule has 0 aliphatic carbocycles. The number of pyridine rings is 1. The molecule has 1 aromatic rings. The molecule has 0 radical (unpaired) electrons. The first-order chi connectivity index (χ1) is 9.32. The molecule has 0 atom stereocenters. The quantitative estimate of drug-likeness (QED) is 0.470. The van der Waals surface area contributed by atoms with E-state index >= 15 is 0 Å². The molecule has 0 saturated carbocycles. The molecule has 4 N–H and O–H groups in total. The van der Waals surface area contributed by atoms with E-state index in [1.807, 2.05) is 0 Å². The molecule has 1 rings (SSSR count). The number of alkyl halides is 2. The van der Waals surface area contributed by atoms with Crippen LogP contribution in [0.1, 0.15) is 0 Å². The van der Waals surface area contributed by atoms with Crippen LogP contribution < -0.4 is 11.3 Å². The fourth-order valence-electron chi connectivity index (χ4n) is 1.44. The monoisotopic (exact) mass is 374 g/mol. The van der Waals surface area contributed by atoms with Gasteiger partial charge in [-0.25, -0.2) is 28.0 Å². The number of nitrogens with zero attached hydrogens (tertiary/aromatic N) is 2. The first kappa shape index (κ1) is 17.2. The van der Waals surface area contributed by atoms with Crippen molar-refractivity contribution in [1.82, 2.24) is 9.29 Å². The van der Waals surface area contributed by atoms with Crippen LogP contribution in [0.5, 0.6) is 0 Å². The Kier molecular flexibility index (Phi) is 6.20. The molecule has 0 aliphatic rings. The topological polar surface area (TPSA) is 109 Å². The molecule has 0 aliphatic heterocycles. The molecule has 0 amide bonds. The second-order valence-corrected chi connectivity index (χ2v) is 6.44. The Morgan fingerprint density at radius 3 is 2.70 bits per heavy atom. The van der Waals surface area contributed by atoms with E-state index in [9.17, 15) is 17.2 Å². The highest BCUT2D eigenvalue weighted by molar-refractivity contribution is 9.10. The molecule has 0 spiro atoms. The number of anilines is 1. The number of hydrogen-bond donors (Lipinski definition) is 3. The van der Waals surface area contributed by atoms with Crippen molar-refractivity contribution < 1.29 is 22.3 Å². The van der Waals surface area contributed by atoms with Crippen LogP contribution in [0, 0.1) is 0 Å². The Morgan fingerprint density at radius 2 is 2.20 bits per heavy atom. The van der Waals surface area contributed by atoms with Crippen molar-refractivity contribution in [2.75, 3.05) is 25.1 Å². The van der Waals surface area contributed by atoms with Crippen LogP contribution in [0.2, 0.25) is 0 Å². The SMILES string of the molecule is NNc1ncc(Br)cc1S(=O)(=O)N(CCO)CC(F)F. The van der Waals surface area contributed by atoms with E-state index in [-0.39, 0.29) is 10.7 Å². The van der Waals surface area contributed by atoms with Gasteiger partial charge < -0.3 is 10.5 Å². The third-order valence-electron chi connectivity index (χ3n) is 2.26. The van der Waals surface area contributed by atoms with E-state index < -0.39 is 36.1 Å². The van der Waals surface area contributed by atoms with Gasteiger partial charge in [-0.2, -0.15) is 4.31 Å². The van der Waals surface area contributed by atoms with Gasteiger partial charge in [0, 0.05) is 17.2 Å². The maximum Gasteiger partial charge on any atom is 0.252 e. The van der Waals surface area contributed by atoms with Crippen LogP contribution in [-0.2, 0) is 10.0 Å². The molecule has 0 fully saturated rings. The maximum absolute atomic E-state index is 12.5. The standard InChI is InChI=1S/C9H13BrF2N4O3S/c10-6-3-7(9(15-13)14-4-6)20(18,19)16(1-2-17)5-8(11)12/h3-4,8,17H,1-2,5,13H2,(H,14,15). The van der Waals surface area contributed by atoms with E-state index in [1.165, 1.54) is 12.3 Å². The number of aliphatic hydroxyl groups excluding tert-OH is 1. The summed E-state index contributed by atoms with van der Waals surface area (Å²) in [5, 5.41) is 8.82. The number of aliphatic hydroxyl groups is 1. The predicted molar refractivity (Wildman–Crippen MR) is 71.6 cm³/mol. The Balaban J connectivity index is 3.28. The van der Waals surface area contributed by atoms with E-state index in [1.54, 1.807) is 0 Å². The van der Waals surface area contributed by atoms with Crippen molar-refractivity contribution in [3.8, 4) is 0 Å². The second-order valence-electron chi connectivity index (χ2n) is 3.62. The molecular weight excluding hydrogens is 362 g/mol. The van der Waals surface area contributed by atoms with Gasteiger partial charge in [0.1, 0.15) is 4.90 Å². The van der Waals surface area contributed by atoms with Crippen molar-refractivity contribution in [2.24, 2.45) is 5.84 Å². The summed E-state index contributed by atoms with van der Waals surface area (Å²) >= 11 is 3.05. The average Bonchev–Trinajstić information content (AvgIpc) is 2.37. The van der Waals surface area contributed by atoms with Gasteiger partial charge in [0.05, 0.1) is 13.2 Å². The van der Waals surface area contributed by atoms with Gasteiger partial charge in [0.2, 0.25) is 10.0 Å².